The molecule has 0 spiro atoms. The zero-order valence-corrected chi connectivity index (χ0v) is 14.6. The number of benzene rings is 1. The Balaban J connectivity index is 1.53. The second-order valence-corrected chi connectivity index (χ2v) is 6.71. The maximum absolute atomic E-state index is 12.3. The van der Waals surface area contributed by atoms with Crippen LogP contribution in [0.4, 0.5) is 10.5 Å². The third-order valence-electron chi connectivity index (χ3n) is 4.25. The van der Waals surface area contributed by atoms with E-state index in [1.807, 2.05) is 0 Å². The predicted octanol–water partition coefficient (Wildman–Crippen LogP) is 2.85. The van der Waals surface area contributed by atoms with Gasteiger partial charge in [-0.15, -0.1) is 0 Å². The minimum absolute atomic E-state index is 0.0328. The van der Waals surface area contributed by atoms with Gasteiger partial charge in [0, 0.05) is 37.8 Å². The summed E-state index contributed by atoms with van der Waals surface area (Å²) in [6.45, 7) is 2.62. The maximum Gasteiger partial charge on any atom is 0.322 e. The lowest BCUT2D eigenvalue weighted by Crippen LogP contribution is -2.53. The molecule has 2 heterocycles. The monoisotopic (exact) mass is 371 g/mol. The SMILES string of the molecule is O=C(Nc1cc(Cl)ccc1Cl)N1CCN(C(=O)C2CCCO2)CC1. The zero-order chi connectivity index (χ0) is 17.1. The lowest BCUT2D eigenvalue weighted by atomic mass is 10.2. The Morgan fingerprint density at radius 3 is 2.50 bits per heavy atom. The standard InChI is InChI=1S/C16H19Cl2N3O3/c17-11-3-4-12(18)13(10-11)19-16(23)21-7-5-20(6-8-21)15(22)14-2-1-9-24-14/h3-4,10,14H,1-2,5-9H2,(H,19,23). The van der Waals surface area contributed by atoms with Crippen LogP contribution in [0.25, 0.3) is 0 Å². The van der Waals surface area contributed by atoms with Crippen molar-refractivity contribution in [1.82, 2.24) is 9.80 Å². The third-order valence-corrected chi connectivity index (χ3v) is 4.82. The van der Waals surface area contributed by atoms with E-state index in [9.17, 15) is 9.59 Å². The van der Waals surface area contributed by atoms with Crippen molar-refractivity contribution in [3.63, 3.8) is 0 Å². The van der Waals surface area contributed by atoms with Crippen molar-refractivity contribution in [2.75, 3.05) is 38.1 Å². The van der Waals surface area contributed by atoms with Crippen LogP contribution >= 0.6 is 23.2 Å². The minimum Gasteiger partial charge on any atom is -0.368 e. The summed E-state index contributed by atoms with van der Waals surface area (Å²) in [5.41, 5.74) is 0.479. The highest BCUT2D eigenvalue weighted by Gasteiger charge is 2.31. The maximum atomic E-state index is 12.3. The smallest absolute Gasteiger partial charge is 0.322 e. The Morgan fingerprint density at radius 2 is 1.83 bits per heavy atom. The fraction of sp³-hybridized carbons (Fsp3) is 0.500. The Labute approximate surface area is 150 Å². The number of piperazine rings is 1. The quantitative estimate of drug-likeness (QED) is 0.869. The zero-order valence-electron chi connectivity index (χ0n) is 13.1. The summed E-state index contributed by atoms with van der Waals surface area (Å²) in [5, 5.41) is 3.69. The van der Waals surface area contributed by atoms with Crippen LogP contribution in [0.5, 0.6) is 0 Å². The van der Waals surface area contributed by atoms with Crippen LogP contribution < -0.4 is 5.32 Å². The molecular formula is C16H19Cl2N3O3. The highest BCUT2D eigenvalue weighted by Crippen LogP contribution is 2.26. The van der Waals surface area contributed by atoms with E-state index in [1.54, 1.807) is 28.0 Å². The summed E-state index contributed by atoms with van der Waals surface area (Å²) in [4.78, 5) is 28.1. The summed E-state index contributed by atoms with van der Waals surface area (Å²) in [6.07, 6.45) is 1.40. The van der Waals surface area contributed by atoms with Gasteiger partial charge in [0.15, 0.2) is 0 Å². The molecule has 2 fully saturated rings. The molecule has 3 rings (SSSR count). The van der Waals surface area contributed by atoms with Gasteiger partial charge in [-0.1, -0.05) is 23.2 Å². The average molecular weight is 372 g/mol. The molecule has 1 aromatic rings. The second-order valence-electron chi connectivity index (χ2n) is 5.87. The first-order chi connectivity index (χ1) is 11.5. The number of nitrogens with zero attached hydrogens (tertiary/aromatic N) is 2. The van der Waals surface area contributed by atoms with Gasteiger partial charge in [0.25, 0.3) is 5.91 Å². The Bertz CT molecular complexity index is 627. The first-order valence-electron chi connectivity index (χ1n) is 7.96. The fourth-order valence-corrected chi connectivity index (χ4v) is 3.23. The number of carbonyl (C=O) groups is 2. The molecule has 0 aromatic heterocycles. The minimum atomic E-state index is -0.310. The van der Waals surface area contributed by atoms with Crippen LogP contribution in [0.2, 0.25) is 10.0 Å². The molecular weight excluding hydrogens is 353 g/mol. The molecule has 1 unspecified atom stereocenters. The van der Waals surface area contributed by atoms with Gasteiger partial charge in [0.05, 0.1) is 10.7 Å². The van der Waals surface area contributed by atoms with Crippen molar-refractivity contribution < 1.29 is 14.3 Å². The number of ether oxygens (including phenoxy) is 1. The van der Waals surface area contributed by atoms with E-state index in [0.29, 0.717) is 48.5 Å². The van der Waals surface area contributed by atoms with Crippen LogP contribution in [0, 0.1) is 0 Å². The Morgan fingerprint density at radius 1 is 1.12 bits per heavy atom. The van der Waals surface area contributed by atoms with E-state index in [1.165, 1.54) is 0 Å². The highest BCUT2D eigenvalue weighted by molar-refractivity contribution is 6.35. The van der Waals surface area contributed by atoms with E-state index in [4.69, 9.17) is 27.9 Å². The van der Waals surface area contributed by atoms with E-state index in [0.717, 1.165) is 12.8 Å². The van der Waals surface area contributed by atoms with E-state index in [-0.39, 0.29) is 18.0 Å². The molecule has 1 aromatic carbocycles. The van der Waals surface area contributed by atoms with Gasteiger partial charge in [0.2, 0.25) is 0 Å². The third kappa shape index (κ3) is 3.94. The summed E-state index contributed by atoms with van der Waals surface area (Å²) >= 11 is 12.0. The van der Waals surface area contributed by atoms with Crippen LogP contribution in [0.3, 0.4) is 0 Å². The summed E-state index contributed by atoms with van der Waals surface area (Å²) in [7, 11) is 0. The van der Waals surface area contributed by atoms with E-state index in [2.05, 4.69) is 5.32 Å². The molecule has 0 aliphatic carbocycles. The summed E-state index contributed by atoms with van der Waals surface area (Å²) in [5.74, 6) is 0.0328. The molecule has 2 aliphatic heterocycles. The lowest BCUT2D eigenvalue weighted by Gasteiger charge is -2.35. The fourth-order valence-electron chi connectivity index (χ4n) is 2.89. The number of nitrogens with one attached hydrogen (secondary N) is 1. The number of halogens is 2. The Hall–Kier alpha value is -1.50. The lowest BCUT2D eigenvalue weighted by molar-refractivity contribution is -0.142. The van der Waals surface area contributed by atoms with Crippen molar-refractivity contribution in [2.24, 2.45) is 0 Å². The van der Waals surface area contributed by atoms with Crippen LogP contribution in [0.1, 0.15) is 12.8 Å². The molecule has 0 saturated carbocycles. The molecule has 1 N–H and O–H groups in total. The normalized spacial score (nSPS) is 21.0. The van der Waals surface area contributed by atoms with E-state index < -0.39 is 0 Å². The summed E-state index contributed by atoms with van der Waals surface area (Å²) in [6, 6.07) is 4.66. The number of carbonyl (C=O) groups excluding carboxylic acids is 2. The first kappa shape index (κ1) is 17.3. The van der Waals surface area contributed by atoms with Crippen molar-refractivity contribution in [1.29, 1.82) is 0 Å². The molecule has 0 radical (unpaired) electrons. The molecule has 2 aliphatic rings. The van der Waals surface area contributed by atoms with E-state index >= 15 is 0 Å². The van der Waals surface area contributed by atoms with Crippen molar-refractivity contribution in [3.8, 4) is 0 Å². The molecule has 8 heteroatoms. The molecule has 0 bridgehead atoms. The van der Waals surface area contributed by atoms with Crippen LogP contribution in [-0.2, 0) is 9.53 Å². The van der Waals surface area contributed by atoms with Gasteiger partial charge in [-0.05, 0) is 31.0 Å². The van der Waals surface area contributed by atoms with Crippen molar-refractivity contribution in [2.45, 2.75) is 18.9 Å². The number of hydrogen-bond donors (Lipinski definition) is 1. The molecule has 2 saturated heterocycles. The van der Waals surface area contributed by atoms with Gasteiger partial charge in [-0.3, -0.25) is 4.79 Å². The topological polar surface area (TPSA) is 61.9 Å². The first-order valence-corrected chi connectivity index (χ1v) is 8.71. The number of rotatable bonds is 2. The van der Waals surface area contributed by atoms with Gasteiger partial charge in [-0.25, -0.2) is 4.79 Å². The number of anilines is 1. The summed E-state index contributed by atoms with van der Waals surface area (Å²) < 4.78 is 5.43. The van der Waals surface area contributed by atoms with Gasteiger partial charge < -0.3 is 19.9 Å². The van der Waals surface area contributed by atoms with Gasteiger partial charge in [0.1, 0.15) is 6.10 Å². The second kappa shape index (κ2) is 7.59. The average Bonchev–Trinajstić information content (AvgIpc) is 3.12. The largest absolute Gasteiger partial charge is 0.368 e. The van der Waals surface area contributed by atoms with Crippen molar-refractivity contribution >= 4 is 40.8 Å². The van der Waals surface area contributed by atoms with Crippen molar-refractivity contribution in [3.05, 3.63) is 28.2 Å². The number of hydrogen-bond acceptors (Lipinski definition) is 3. The predicted molar refractivity (Wildman–Crippen MR) is 92.6 cm³/mol. The van der Waals surface area contributed by atoms with Gasteiger partial charge in [-0.2, -0.15) is 0 Å². The molecule has 3 amide bonds. The van der Waals surface area contributed by atoms with Gasteiger partial charge >= 0.3 is 6.03 Å². The van der Waals surface area contributed by atoms with Crippen LogP contribution in [0.15, 0.2) is 18.2 Å². The highest BCUT2D eigenvalue weighted by atomic mass is 35.5. The number of amides is 3. The Kier molecular flexibility index (Phi) is 5.48. The number of urea groups is 1. The molecule has 24 heavy (non-hydrogen) atoms. The molecule has 1 atom stereocenters. The molecule has 130 valence electrons. The molecule has 6 nitrogen and oxygen atoms in total. The van der Waals surface area contributed by atoms with Crippen LogP contribution in [-0.4, -0.2) is 60.6 Å².